The molecule has 1 fully saturated rings. The minimum atomic E-state index is -0.0338. The van der Waals surface area contributed by atoms with Crippen molar-refractivity contribution in [3.63, 3.8) is 0 Å². The number of fused-ring (bicyclic) bond motifs is 1. The number of halogens is 1. The maximum atomic E-state index is 12.7. The number of rotatable bonds is 2. The van der Waals surface area contributed by atoms with Gasteiger partial charge in [0.15, 0.2) is 0 Å². The lowest BCUT2D eigenvalue weighted by Gasteiger charge is -2.10. The predicted octanol–water partition coefficient (Wildman–Crippen LogP) is 4.00. The summed E-state index contributed by atoms with van der Waals surface area (Å²) in [6.45, 7) is 0. The molecule has 0 bridgehead atoms. The molecule has 5 heteroatoms. The second-order valence-electron chi connectivity index (χ2n) is 6.15. The third-order valence-electron chi connectivity index (χ3n) is 4.46. The smallest absolute Gasteiger partial charge is 0.261 e. The largest absolute Gasteiger partial charge is 0.299 e. The van der Waals surface area contributed by atoms with Gasteiger partial charge in [-0.25, -0.2) is 4.98 Å². The molecule has 0 N–H and O–H groups in total. The van der Waals surface area contributed by atoms with Crippen molar-refractivity contribution >= 4 is 22.5 Å². The van der Waals surface area contributed by atoms with Crippen LogP contribution in [0.15, 0.2) is 41.2 Å². The van der Waals surface area contributed by atoms with Crippen LogP contribution in [0.2, 0.25) is 5.02 Å². The topological polar surface area (TPSA) is 58.7 Å². The highest BCUT2D eigenvalue weighted by molar-refractivity contribution is 6.33. The molecule has 2 aromatic carbocycles. The van der Waals surface area contributed by atoms with Gasteiger partial charge in [-0.1, -0.05) is 23.7 Å². The van der Waals surface area contributed by atoms with Crippen molar-refractivity contribution in [3.05, 3.63) is 63.2 Å². The molecule has 118 valence electrons. The van der Waals surface area contributed by atoms with Gasteiger partial charge in [0.1, 0.15) is 5.82 Å². The summed E-state index contributed by atoms with van der Waals surface area (Å²) in [6.07, 6.45) is 2.20. The second-order valence-corrected chi connectivity index (χ2v) is 6.55. The van der Waals surface area contributed by atoms with E-state index in [1.165, 1.54) is 0 Å². The van der Waals surface area contributed by atoms with Crippen molar-refractivity contribution in [1.29, 1.82) is 5.26 Å². The molecule has 1 aliphatic rings. The van der Waals surface area contributed by atoms with E-state index in [0.717, 1.165) is 29.8 Å². The molecule has 0 spiro atoms. The lowest BCUT2D eigenvalue weighted by atomic mass is 10.0. The van der Waals surface area contributed by atoms with E-state index < -0.39 is 0 Å². The fraction of sp³-hybridized carbons (Fsp3) is 0.211. The van der Waals surface area contributed by atoms with Gasteiger partial charge >= 0.3 is 0 Å². The predicted molar refractivity (Wildman–Crippen MR) is 94.1 cm³/mol. The van der Waals surface area contributed by atoms with Gasteiger partial charge in [0.25, 0.3) is 5.56 Å². The normalized spacial score (nSPS) is 13.9. The lowest BCUT2D eigenvalue weighted by molar-refractivity contribution is 0.745. The van der Waals surface area contributed by atoms with Crippen molar-refractivity contribution in [2.24, 2.45) is 7.05 Å². The second kappa shape index (κ2) is 5.47. The number of hydrogen-bond acceptors (Lipinski definition) is 3. The van der Waals surface area contributed by atoms with Gasteiger partial charge in [0, 0.05) is 23.6 Å². The molecule has 3 aromatic rings. The average Bonchev–Trinajstić information content (AvgIpc) is 3.42. The summed E-state index contributed by atoms with van der Waals surface area (Å²) in [5, 5.41) is 10.0. The summed E-state index contributed by atoms with van der Waals surface area (Å²) in [5.74, 6) is 1.29. The Morgan fingerprint density at radius 2 is 2.04 bits per heavy atom. The molecular formula is C19H14ClN3O. The first-order valence-electron chi connectivity index (χ1n) is 7.79. The minimum absolute atomic E-state index is 0.0338. The fourth-order valence-corrected chi connectivity index (χ4v) is 3.27. The molecule has 1 aliphatic carbocycles. The Morgan fingerprint density at radius 3 is 2.71 bits per heavy atom. The monoisotopic (exact) mass is 335 g/mol. The first kappa shape index (κ1) is 14.9. The number of nitrogens with zero attached hydrogens (tertiary/aromatic N) is 3. The van der Waals surface area contributed by atoms with Gasteiger partial charge in [-0.3, -0.25) is 9.36 Å². The van der Waals surface area contributed by atoms with E-state index in [1.807, 2.05) is 18.2 Å². The van der Waals surface area contributed by atoms with Gasteiger partial charge in [-0.05, 0) is 42.7 Å². The number of benzene rings is 2. The van der Waals surface area contributed by atoms with Crippen molar-refractivity contribution < 1.29 is 0 Å². The van der Waals surface area contributed by atoms with Gasteiger partial charge in [-0.2, -0.15) is 5.26 Å². The van der Waals surface area contributed by atoms with Crippen molar-refractivity contribution in [2.75, 3.05) is 0 Å². The molecule has 0 radical (unpaired) electrons. The highest BCUT2D eigenvalue weighted by Crippen LogP contribution is 2.39. The Hall–Kier alpha value is -2.64. The van der Waals surface area contributed by atoms with Crippen molar-refractivity contribution in [3.8, 4) is 17.2 Å². The van der Waals surface area contributed by atoms with Gasteiger partial charge in [0.05, 0.1) is 22.5 Å². The van der Waals surface area contributed by atoms with Crippen LogP contribution < -0.4 is 5.56 Å². The third-order valence-corrected chi connectivity index (χ3v) is 4.77. The Kier molecular flexibility index (Phi) is 3.40. The van der Waals surface area contributed by atoms with Crippen LogP contribution in [0, 0.1) is 11.3 Å². The van der Waals surface area contributed by atoms with E-state index in [2.05, 4.69) is 11.1 Å². The highest BCUT2D eigenvalue weighted by atomic mass is 35.5. The van der Waals surface area contributed by atoms with E-state index in [1.54, 1.807) is 29.8 Å². The van der Waals surface area contributed by atoms with Crippen LogP contribution in [-0.2, 0) is 7.05 Å². The van der Waals surface area contributed by atoms with Gasteiger partial charge in [-0.15, -0.1) is 0 Å². The van der Waals surface area contributed by atoms with Crippen molar-refractivity contribution in [1.82, 2.24) is 9.55 Å². The summed E-state index contributed by atoms with van der Waals surface area (Å²) in [7, 11) is 1.78. The Morgan fingerprint density at radius 1 is 1.25 bits per heavy atom. The van der Waals surface area contributed by atoms with Crippen LogP contribution in [-0.4, -0.2) is 9.55 Å². The molecular weight excluding hydrogens is 322 g/mol. The summed E-state index contributed by atoms with van der Waals surface area (Å²) in [6, 6.07) is 12.8. The number of aromatic nitrogens is 2. The van der Waals surface area contributed by atoms with E-state index in [9.17, 15) is 4.79 Å². The summed E-state index contributed by atoms with van der Waals surface area (Å²) >= 11 is 6.29. The fourth-order valence-electron chi connectivity index (χ4n) is 2.98. The van der Waals surface area contributed by atoms with Crippen LogP contribution in [0.4, 0.5) is 0 Å². The van der Waals surface area contributed by atoms with Crippen LogP contribution in [0.1, 0.15) is 30.1 Å². The number of hydrogen-bond donors (Lipinski definition) is 0. The molecule has 0 saturated heterocycles. The van der Waals surface area contributed by atoms with Gasteiger partial charge < -0.3 is 0 Å². The molecule has 0 atom stereocenters. The molecule has 4 nitrogen and oxygen atoms in total. The van der Waals surface area contributed by atoms with Crippen LogP contribution in [0.25, 0.3) is 22.0 Å². The first-order chi connectivity index (χ1) is 11.6. The Labute approximate surface area is 143 Å². The van der Waals surface area contributed by atoms with E-state index in [-0.39, 0.29) is 5.56 Å². The Bertz CT molecular complexity index is 1070. The minimum Gasteiger partial charge on any atom is -0.299 e. The molecule has 4 rings (SSSR count). The molecule has 0 unspecified atom stereocenters. The zero-order valence-electron chi connectivity index (χ0n) is 13.1. The maximum Gasteiger partial charge on any atom is 0.261 e. The molecule has 24 heavy (non-hydrogen) atoms. The van der Waals surface area contributed by atoms with Crippen molar-refractivity contribution in [2.45, 2.75) is 18.8 Å². The molecule has 0 aliphatic heterocycles. The molecule has 1 aromatic heterocycles. The standard InChI is InChI=1S/C19H14ClN3O/c1-23-18(12-3-4-12)22-17-7-5-13(9-15(17)19(23)24)14-6-2-11(10-21)8-16(14)20/h2,5-9,12H,3-4H2,1H3. The summed E-state index contributed by atoms with van der Waals surface area (Å²) in [5.41, 5.74) is 2.83. The molecule has 1 heterocycles. The third kappa shape index (κ3) is 2.38. The quantitative estimate of drug-likeness (QED) is 0.711. The van der Waals surface area contributed by atoms with Crippen LogP contribution >= 0.6 is 11.6 Å². The molecule has 1 saturated carbocycles. The highest BCUT2D eigenvalue weighted by Gasteiger charge is 2.28. The van der Waals surface area contributed by atoms with Gasteiger partial charge in [0.2, 0.25) is 0 Å². The van der Waals surface area contributed by atoms with Crippen LogP contribution in [0.3, 0.4) is 0 Å². The zero-order valence-corrected chi connectivity index (χ0v) is 13.8. The van der Waals surface area contributed by atoms with E-state index in [0.29, 0.717) is 27.4 Å². The average molecular weight is 336 g/mol. The molecule has 0 amide bonds. The summed E-state index contributed by atoms with van der Waals surface area (Å²) in [4.78, 5) is 17.4. The lowest BCUT2D eigenvalue weighted by Crippen LogP contribution is -2.22. The SMILES string of the molecule is Cn1c(C2CC2)nc2ccc(-c3ccc(C#N)cc3Cl)cc2c1=O. The number of nitriles is 1. The van der Waals surface area contributed by atoms with Crippen LogP contribution in [0.5, 0.6) is 0 Å². The van der Waals surface area contributed by atoms with E-state index >= 15 is 0 Å². The van der Waals surface area contributed by atoms with E-state index in [4.69, 9.17) is 16.9 Å². The zero-order chi connectivity index (χ0) is 16.8. The first-order valence-corrected chi connectivity index (χ1v) is 8.17. The summed E-state index contributed by atoms with van der Waals surface area (Å²) < 4.78 is 1.66. The maximum absolute atomic E-state index is 12.7. The Balaban J connectivity index is 1.90.